The Morgan fingerprint density at radius 3 is 1.28 bits per heavy atom. The van der Waals surface area contributed by atoms with Gasteiger partial charge in [-0.15, -0.1) is 0 Å². The van der Waals surface area contributed by atoms with Crippen molar-refractivity contribution in [1.82, 2.24) is 0 Å². The molecule has 0 unspecified atom stereocenters. The van der Waals surface area contributed by atoms with Gasteiger partial charge in [0.15, 0.2) is 0 Å². The molecular weight excluding hydrogens is 855 g/mol. The monoisotopic (exact) mass is 905 g/mol. The number of rotatable bonds is 9. The lowest BCUT2D eigenvalue weighted by molar-refractivity contribution is 0.660. The van der Waals surface area contributed by atoms with Crippen LogP contribution < -0.4 is 4.90 Å². The van der Waals surface area contributed by atoms with Crippen LogP contribution in [0.5, 0.6) is 0 Å². The van der Waals surface area contributed by atoms with Crippen LogP contribution in [-0.4, -0.2) is 0 Å². The van der Waals surface area contributed by atoms with Gasteiger partial charge in [0.05, 0.1) is 11.1 Å². The number of nitrogens with zero attached hydrogens (tertiary/aromatic N) is 1. The zero-order chi connectivity index (χ0) is 47.5. The van der Waals surface area contributed by atoms with Gasteiger partial charge in [0.1, 0.15) is 0 Å². The molecule has 1 nitrogen and oxygen atoms in total. The highest BCUT2D eigenvalue weighted by Crippen LogP contribution is 2.58. The average Bonchev–Trinajstić information content (AvgIpc) is 3.86. The van der Waals surface area contributed by atoms with Crippen LogP contribution in [0.25, 0.3) is 66.8 Å². The van der Waals surface area contributed by atoms with E-state index in [-0.39, 0.29) is 5.41 Å². The van der Waals surface area contributed by atoms with Crippen molar-refractivity contribution >= 4 is 17.1 Å². The maximum absolute atomic E-state index is 2.52. The van der Waals surface area contributed by atoms with Gasteiger partial charge in [0.25, 0.3) is 0 Å². The molecule has 0 aromatic heterocycles. The van der Waals surface area contributed by atoms with E-state index in [1.165, 1.54) is 94.6 Å². The van der Waals surface area contributed by atoms with E-state index in [1.807, 2.05) is 0 Å². The highest BCUT2D eigenvalue weighted by Gasteiger charge is 2.46. The van der Waals surface area contributed by atoms with Gasteiger partial charge in [-0.1, -0.05) is 244 Å². The Kier molecular flexibility index (Phi) is 10.1. The van der Waals surface area contributed by atoms with E-state index in [4.69, 9.17) is 0 Å². The average molecular weight is 906 g/mol. The zero-order valence-electron chi connectivity index (χ0n) is 39.9. The van der Waals surface area contributed by atoms with Crippen molar-refractivity contribution < 1.29 is 0 Å². The molecule has 0 saturated heterocycles. The van der Waals surface area contributed by atoms with Gasteiger partial charge >= 0.3 is 0 Å². The molecule has 0 aliphatic heterocycles. The topological polar surface area (TPSA) is 3.24 Å². The Labute approximate surface area is 417 Å². The first kappa shape index (κ1) is 42.3. The van der Waals surface area contributed by atoms with Crippen molar-refractivity contribution in [3.63, 3.8) is 0 Å². The van der Waals surface area contributed by atoms with Crippen molar-refractivity contribution in [2.45, 2.75) is 24.7 Å². The zero-order valence-corrected chi connectivity index (χ0v) is 39.9. The molecule has 71 heavy (non-hydrogen) atoms. The van der Waals surface area contributed by atoms with E-state index >= 15 is 0 Å². The quantitative estimate of drug-likeness (QED) is 0.139. The van der Waals surface area contributed by atoms with Crippen LogP contribution in [0.1, 0.15) is 47.2 Å². The molecule has 0 heterocycles. The van der Waals surface area contributed by atoms with Crippen LogP contribution in [-0.2, 0) is 10.8 Å². The van der Waals surface area contributed by atoms with Crippen molar-refractivity contribution in [2.75, 3.05) is 4.90 Å². The summed E-state index contributed by atoms with van der Waals surface area (Å²) in [5.41, 5.74) is 25.1. The first-order valence-electron chi connectivity index (χ1n) is 24.8. The Hall–Kier alpha value is -8.78. The molecule has 0 radical (unpaired) electrons. The van der Waals surface area contributed by atoms with Crippen LogP contribution in [0.15, 0.2) is 273 Å². The smallest absolute Gasteiger partial charge is 0.0714 e. The van der Waals surface area contributed by atoms with E-state index in [2.05, 4.69) is 292 Å². The summed E-state index contributed by atoms with van der Waals surface area (Å²) in [4.78, 5) is 2.52. The molecule has 336 valence electrons. The van der Waals surface area contributed by atoms with Crippen LogP contribution in [0, 0.1) is 0 Å². The molecule has 0 fully saturated rings. The standard InChI is InChI=1S/C70H51N/c1-69(2)65-45-53(51-36-34-50(35-37-51)48-20-7-3-8-21-48)38-41-61(65)62-42-39-57(46-66(62)69)71(68-33-18-16-30-59(68)54-25-19-24-52(44-54)49-22-9-4-10-23-49)58-40-43-63-60-31-15-17-32-64(60)70(67(63)47-58,55-26-11-5-12-27-55)56-28-13-6-14-29-56/h3-47H,1-2H3. The molecule has 2 aliphatic rings. The lowest BCUT2D eigenvalue weighted by atomic mass is 9.67. The summed E-state index contributed by atoms with van der Waals surface area (Å²) < 4.78 is 0. The van der Waals surface area contributed by atoms with Crippen molar-refractivity contribution in [3.8, 4) is 66.8 Å². The largest absolute Gasteiger partial charge is 0.310 e. The fraction of sp³-hybridized carbons (Fsp3) is 0.0571. The summed E-state index contributed by atoms with van der Waals surface area (Å²) >= 11 is 0. The van der Waals surface area contributed by atoms with Crippen molar-refractivity contribution in [2.24, 2.45) is 0 Å². The molecule has 11 aromatic carbocycles. The molecule has 0 N–H and O–H groups in total. The molecular formula is C70H51N. The number of fused-ring (bicyclic) bond motifs is 6. The molecule has 11 aromatic rings. The van der Waals surface area contributed by atoms with Crippen molar-refractivity contribution in [1.29, 1.82) is 0 Å². The van der Waals surface area contributed by atoms with Gasteiger partial charge in [0, 0.05) is 22.4 Å². The summed E-state index contributed by atoms with van der Waals surface area (Å²) in [6.45, 7) is 4.80. The van der Waals surface area contributed by atoms with Gasteiger partial charge in [-0.05, 0) is 137 Å². The van der Waals surface area contributed by atoms with E-state index in [0.717, 1.165) is 22.6 Å². The fourth-order valence-corrected chi connectivity index (χ4v) is 11.9. The Bertz CT molecular complexity index is 3720. The lowest BCUT2D eigenvalue weighted by Gasteiger charge is -2.35. The summed E-state index contributed by atoms with van der Waals surface area (Å²) in [6.07, 6.45) is 0. The van der Waals surface area contributed by atoms with Crippen LogP contribution in [0.4, 0.5) is 17.1 Å². The predicted molar refractivity (Wildman–Crippen MR) is 298 cm³/mol. The summed E-state index contributed by atoms with van der Waals surface area (Å²) in [6, 6.07) is 101. The van der Waals surface area contributed by atoms with E-state index in [0.29, 0.717) is 0 Å². The van der Waals surface area contributed by atoms with E-state index in [1.54, 1.807) is 0 Å². The van der Waals surface area contributed by atoms with Gasteiger partial charge in [-0.3, -0.25) is 0 Å². The minimum Gasteiger partial charge on any atom is -0.310 e. The number of hydrogen-bond acceptors (Lipinski definition) is 1. The third-order valence-corrected chi connectivity index (χ3v) is 15.4. The van der Waals surface area contributed by atoms with Gasteiger partial charge < -0.3 is 4.90 Å². The second-order valence-corrected chi connectivity index (χ2v) is 19.6. The Morgan fingerprint density at radius 2 is 0.648 bits per heavy atom. The molecule has 0 atom stereocenters. The minimum atomic E-state index is -0.541. The Balaban J connectivity index is 0.993. The third kappa shape index (κ3) is 6.91. The van der Waals surface area contributed by atoms with Gasteiger partial charge in [-0.2, -0.15) is 0 Å². The molecule has 0 amide bonds. The predicted octanol–water partition coefficient (Wildman–Crippen LogP) is 18.5. The number of anilines is 3. The number of hydrogen-bond donors (Lipinski definition) is 0. The molecule has 1 heteroatoms. The number of benzene rings is 11. The maximum Gasteiger partial charge on any atom is 0.0714 e. The second-order valence-electron chi connectivity index (χ2n) is 19.6. The van der Waals surface area contributed by atoms with Gasteiger partial charge in [0.2, 0.25) is 0 Å². The molecule has 13 rings (SSSR count). The molecule has 0 spiro atoms. The summed E-state index contributed by atoms with van der Waals surface area (Å²) in [5, 5.41) is 0. The maximum atomic E-state index is 2.52. The third-order valence-electron chi connectivity index (χ3n) is 15.4. The van der Waals surface area contributed by atoms with E-state index < -0.39 is 5.41 Å². The summed E-state index contributed by atoms with van der Waals surface area (Å²) in [5.74, 6) is 0. The van der Waals surface area contributed by atoms with Crippen molar-refractivity contribution in [3.05, 3.63) is 306 Å². The van der Waals surface area contributed by atoms with Crippen LogP contribution >= 0.6 is 0 Å². The molecule has 0 saturated carbocycles. The van der Waals surface area contributed by atoms with E-state index in [9.17, 15) is 0 Å². The van der Waals surface area contributed by atoms with Crippen LogP contribution in [0.2, 0.25) is 0 Å². The highest BCUT2D eigenvalue weighted by molar-refractivity contribution is 5.94. The Morgan fingerprint density at radius 1 is 0.254 bits per heavy atom. The van der Waals surface area contributed by atoms with Gasteiger partial charge in [-0.25, -0.2) is 0 Å². The summed E-state index contributed by atoms with van der Waals surface area (Å²) in [7, 11) is 0. The normalized spacial score (nSPS) is 13.4. The first-order chi connectivity index (χ1) is 35.0. The first-order valence-corrected chi connectivity index (χ1v) is 24.8. The molecule has 0 bridgehead atoms. The number of para-hydroxylation sites is 1. The fourth-order valence-electron chi connectivity index (χ4n) is 11.9. The minimum absolute atomic E-state index is 0.259. The second kappa shape index (κ2) is 17.0. The SMILES string of the molecule is CC1(C)c2cc(-c3ccc(-c4ccccc4)cc3)ccc2-c2ccc(N(c3ccc4c(c3)C(c3ccccc3)(c3ccccc3)c3ccccc3-4)c3ccccc3-c3cccc(-c4ccccc4)c3)cc21. The highest BCUT2D eigenvalue weighted by atomic mass is 15.1. The lowest BCUT2D eigenvalue weighted by Crippen LogP contribution is -2.28. The van der Waals surface area contributed by atoms with Crippen LogP contribution in [0.3, 0.4) is 0 Å². The molecule has 2 aliphatic carbocycles.